The van der Waals surface area contributed by atoms with E-state index in [9.17, 15) is 14.4 Å². The van der Waals surface area contributed by atoms with E-state index < -0.39 is 24.2 Å². The van der Waals surface area contributed by atoms with Crippen LogP contribution in [0.2, 0.25) is 0 Å². The summed E-state index contributed by atoms with van der Waals surface area (Å²) in [5.74, 6) is -1.39. The summed E-state index contributed by atoms with van der Waals surface area (Å²) in [5.41, 5.74) is -0.753. The van der Waals surface area contributed by atoms with Crippen LogP contribution >= 0.6 is 0 Å². The second kappa shape index (κ2) is 14.2. The van der Waals surface area contributed by atoms with Crippen molar-refractivity contribution in [3.05, 3.63) is 0 Å². The summed E-state index contributed by atoms with van der Waals surface area (Å²) >= 11 is 0. The fourth-order valence-corrected chi connectivity index (χ4v) is 2.76. The minimum Gasteiger partial charge on any atom is -0.480 e. The molecule has 0 aliphatic carbocycles. The van der Waals surface area contributed by atoms with Crippen LogP contribution in [0.1, 0.15) is 86.0 Å². The number of carbonyl (C=O) groups is 3. The molecular weight excluding hydrogens is 360 g/mol. The summed E-state index contributed by atoms with van der Waals surface area (Å²) in [6.45, 7) is 9.85. The maximum Gasteiger partial charge on any atom is 0.411 e. The molecule has 0 saturated carbocycles. The lowest BCUT2D eigenvalue weighted by Crippen LogP contribution is -2.47. The first-order valence-corrected chi connectivity index (χ1v) is 10.6. The van der Waals surface area contributed by atoms with Crippen LogP contribution in [0.5, 0.6) is 0 Å². The number of amides is 2. The Hall–Kier alpha value is -1.79. The number of ether oxygens (including phenoxy) is 1. The SMILES string of the molecule is CCCCCCN(CCCCCC)C(=O)CN(CC(=O)O)C(=O)OC(C)(C)C. The van der Waals surface area contributed by atoms with Gasteiger partial charge in [0.1, 0.15) is 18.7 Å². The molecule has 2 amide bonds. The molecule has 0 aromatic carbocycles. The minimum atomic E-state index is -1.17. The smallest absolute Gasteiger partial charge is 0.411 e. The van der Waals surface area contributed by atoms with Crippen LogP contribution < -0.4 is 0 Å². The van der Waals surface area contributed by atoms with Crippen LogP contribution in [0.25, 0.3) is 0 Å². The van der Waals surface area contributed by atoms with E-state index in [0.717, 1.165) is 56.3 Å². The van der Waals surface area contributed by atoms with E-state index in [1.54, 1.807) is 25.7 Å². The van der Waals surface area contributed by atoms with Crippen molar-refractivity contribution in [1.82, 2.24) is 9.80 Å². The molecule has 7 heteroatoms. The van der Waals surface area contributed by atoms with Gasteiger partial charge in [0.2, 0.25) is 5.91 Å². The van der Waals surface area contributed by atoms with Gasteiger partial charge >= 0.3 is 12.1 Å². The zero-order chi connectivity index (χ0) is 21.6. The van der Waals surface area contributed by atoms with Crippen molar-refractivity contribution in [3.8, 4) is 0 Å². The number of carboxylic acids is 1. The Morgan fingerprint density at radius 2 is 1.29 bits per heavy atom. The molecule has 0 saturated heterocycles. The summed E-state index contributed by atoms with van der Waals surface area (Å²) < 4.78 is 5.26. The second-order valence-electron chi connectivity index (χ2n) is 8.23. The predicted molar refractivity (Wildman–Crippen MR) is 110 cm³/mol. The van der Waals surface area contributed by atoms with Gasteiger partial charge < -0.3 is 14.7 Å². The Labute approximate surface area is 170 Å². The van der Waals surface area contributed by atoms with E-state index in [4.69, 9.17) is 9.84 Å². The van der Waals surface area contributed by atoms with Gasteiger partial charge in [-0.1, -0.05) is 52.4 Å². The molecule has 0 aliphatic rings. The van der Waals surface area contributed by atoms with E-state index in [-0.39, 0.29) is 12.5 Å². The quantitative estimate of drug-likeness (QED) is 0.439. The standard InChI is InChI=1S/C21H40N2O5/c1-6-8-10-12-14-22(15-13-11-9-7-2)18(24)16-23(17-19(25)26)20(27)28-21(3,4)5/h6-17H2,1-5H3,(H,25,26). The zero-order valence-electron chi connectivity index (χ0n) is 18.5. The van der Waals surface area contributed by atoms with Crippen LogP contribution in [0.3, 0.4) is 0 Å². The first kappa shape index (κ1) is 26.2. The Bertz CT molecular complexity index is 462. The largest absolute Gasteiger partial charge is 0.480 e. The minimum absolute atomic E-state index is 0.222. The molecule has 0 spiro atoms. The van der Waals surface area contributed by atoms with Crippen molar-refractivity contribution < 1.29 is 24.2 Å². The van der Waals surface area contributed by atoms with Crippen molar-refractivity contribution in [3.63, 3.8) is 0 Å². The Morgan fingerprint density at radius 3 is 1.68 bits per heavy atom. The molecule has 0 atom stereocenters. The van der Waals surface area contributed by atoms with Crippen molar-refractivity contribution in [2.75, 3.05) is 26.2 Å². The van der Waals surface area contributed by atoms with Gasteiger partial charge in [0.05, 0.1) is 0 Å². The molecule has 0 unspecified atom stereocenters. The number of rotatable bonds is 14. The van der Waals surface area contributed by atoms with Gasteiger partial charge in [0.25, 0.3) is 0 Å². The monoisotopic (exact) mass is 400 g/mol. The highest BCUT2D eigenvalue weighted by molar-refractivity contribution is 5.84. The van der Waals surface area contributed by atoms with E-state index in [1.165, 1.54) is 0 Å². The van der Waals surface area contributed by atoms with Crippen LogP contribution in [-0.2, 0) is 14.3 Å². The molecule has 0 aromatic heterocycles. The third kappa shape index (κ3) is 13.4. The molecule has 0 rings (SSSR count). The molecule has 0 aromatic rings. The molecule has 0 heterocycles. The topological polar surface area (TPSA) is 87.2 Å². The lowest BCUT2D eigenvalue weighted by Gasteiger charge is -2.29. The zero-order valence-corrected chi connectivity index (χ0v) is 18.5. The number of unbranched alkanes of at least 4 members (excludes halogenated alkanes) is 6. The number of aliphatic carboxylic acids is 1. The highest BCUT2D eigenvalue weighted by atomic mass is 16.6. The Balaban J connectivity index is 4.97. The average Bonchev–Trinajstić information content (AvgIpc) is 2.57. The van der Waals surface area contributed by atoms with Crippen LogP contribution in [-0.4, -0.2) is 64.7 Å². The number of carboxylic acid groups (broad SMARTS) is 1. The van der Waals surface area contributed by atoms with Crippen LogP contribution in [0, 0.1) is 0 Å². The van der Waals surface area contributed by atoms with E-state index in [0.29, 0.717) is 13.1 Å². The molecule has 1 N–H and O–H groups in total. The highest BCUT2D eigenvalue weighted by Gasteiger charge is 2.27. The van der Waals surface area contributed by atoms with Gasteiger partial charge in [-0.3, -0.25) is 14.5 Å². The van der Waals surface area contributed by atoms with Gasteiger partial charge in [-0.05, 0) is 33.6 Å². The third-order valence-corrected chi connectivity index (χ3v) is 4.22. The second-order valence-corrected chi connectivity index (χ2v) is 8.23. The summed E-state index contributed by atoms with van der Waals surface area (Å²) in [4.78, 5) is 39.0. The Morgan fingerprint density at radius 1 is 0.786 bits per heavy atom. The maximum atomic E-state index is 12.8. The fraction of sp³-hybridized carbons (Fsp3) is 0.857. The summed E-state index contributed by atoms with van der Waals surface area (Å²) in [6.07, 6.45) is 7.66. The molecule has 0 bridgehead atoms. The van der Waals surface area contributed by atoms with Crippen molar-refractivity contribution in [2.45, 2.75) is 91.6 Å². The number of carbonyl (C=O) groups excluding carboxylic acids is 2. The molecule has 164 valence electrons. The summed E-state index contributed by atoms with van der Waals surface area (Å²) in [6, 6.07) is 0. The first-order valence-electron chi connectivity index (χ1n) is 10.6. The van der Waals surface area contributed by atoms with Crippen LogP contribution in [0.15, 0.2) is 0 Å². The Kier molecular flexibility index (Phi) is 13.3. The summed E-state index contributed by atoms with van der Waals surface area (Å²) in [7, 11) is 0. The molecule has 0 radical (unpaired) electrons. The maximum absolute atomic E-state index is 12.8. The van der Waals surface area contributed by atoms with Crippen LogP contribution in [0.4, 0.5) is 4.79 Å². The normalized spacial score (nSPS) is 11.2. The summed E-state index contributed by atoms with van der Waals surface area (Å²) in [5, 5.41) is 9.11. The molecule has 7 nitrogen and oxygen atoms in total. The molecule has 0 aliphatic heterocycles. The number of hydrogen-bond donors (Lipinski definition) is 1. The highest BCUT2D eigenvalue weighted by Crippen LogP contribution is 2.11. The van der Waals surface area contributed by atoms with Gasteiger partial charge in [0.15, 0.2) is 0 Å². The molecule has 28 heavy (non-hydrogen) atoms. The van der Waals surface area contributed by atoms with Crippen molar-refractivity contribution in [1.29, 1.82) is 0 Å². The van der Waals surface area contributed by atoms with Gasteiger partial charge in [-0.25, -0.2) is 4.79 Å². The van der Waals surface area contributed by atoms with E-state index >= 15 is 0 Å². The lowest BCUT2D eigenvalue weighted by atomic mass is 10.1. The first-order chi connectivity index (χ1) is 13.1. The van der Waals surface area contributed by atoms with Gasteiger partial charge in [-0.15, -0.1) is 0 Å². The predicted octanol–water partition coefficient (Wildman–Crippen LogP) is 4.30. The van der Waals surface area contributed by atoms with Crippen molar-refractivity contribution >= 4 is 18.0 Å². The average molecular weight is 401 g/mol. The van der Waals surface area contributed by atoms with E-state index in [2.05, 4.69) is 13.8 Å². The third-order valence-electron chi connectivity index (χ3n) is 4.22. The lowest BCUT2D eigenvalue weighted by molar-refractivity contribution is -0.139. The van der Waals surface area contributed by atoms with Gasteiger partial charge in [0, 0.05) is 13.1 Å². The van der Waals surface area contributed by atoms with Crippen molar-refractivity contribution in [2.24, 2.45) is 0 Å². The number of hydrogen-bond acceptors (Lipinski definition) is 4. The van der Waals surface area contributed by atoms with Gasteiger partial charge in [-0.2, -0.15) is 0 Å². The number of nitrogens with zero attached hydrogens (tertiary/aromatic N) is 2. The molecular formula is C21H40N2O5. The van der Waals surface area contributed by atoms with E-state index in [1.807, 2.05) is 0 Å². The molecule has 0 fully saturated rings. The fourth-order valence-electron chi connectivity index (χ4n) is 2.76.